The fourth-order valence-corrected chi connectivity index (χ4v) is 8.14. The van der Waals surface area contributed by atoms with Gasteiger partial charge in [0.1, 0.15) is 9.75 Å². The van der Waals surface area contributed by atoms with Gasteiger partial charge in [-0.25, -0.2) is 13.8 Å². The van der Waals surface area contributed by atoms with Gasteiger partial charge in [-0.15, -0.1) is 22.7 Å². The molecule has 1 amide bonds. The number of pyridine rings is 2. The van der Waals surface area contributed by atoms with Gasteiger partial charge in [-0.3, -0.25) is 4.79 Å². The number of aromatic carboxylic acids is 1. The molecule has 0 radical (unpaired) electrons. The summed E-state index contributed by atoms with van der Waals surface area (Å²) >= 11 is 2.72. The first-order valence-electron chi connectivity index (χ1n) is 15.1. The van der Waals surface area contributed by atoms with E-state index in [0.717, 1.165) is 65.6 Å². The summed E-state index contributed by atoms with van der Waals surface area (Å²) in [5, 5.41) is 18.7. The average molecular weight is 668 g/mol. The van der Waals surface area contributed by atoms with Gasteiger partial charge in [0.15, 0.2) is 0 Å². The zero-order chi connectivity index (χ0) is 33.4. The van der Waals surface area contributed by atoms with Gasteiger partial charge in [0.05, 0.1) is 22.4 Å². The third-order valence-electron chi connectivity index (χ3n) is 7.97. The van der Waals surface area contributed by atoms with Crippen molar-refractivity contribution in [1.82, 2.24) is 19.2 Å². The van der Waals surface area contributed by atoms with Gasteiger partial charge in [-0.2, -0.15) is 10.2 Å². The topological polar surface area (TPSA) is 115 Å². The van der Waals surface area contributed by atoms with Crippen molar-refractivity contribution in [3.05, 3.63) is 143 Å². The van der Waals surface area contributed by atoms with E-state index < -0.39 is 11.9 Å². The van der Waals surface area contributed by atoms with Crippen LogP contribution in [0.3, 0.4) is 0 Å². The Labute approximate surface area is 284 Å². The lowest BCUT2D eigenvalue weighted by Gasteiger charge is -1.99. The summed E-state index contributed by atoms with van der Waals surface area (Å²) in [6.45, 7) is 3.93. The third kappa shape index (κ3) is 5.68. The van der Waals surface area contributed by atoms with Crippen LogP contribution in [0.4, 0.5) is 0 Å². The molecule has 0 spiro atoms. The van der Waals surface area contributed by atoms with Crippen LogP contribution < -0.4 is 5.73 Å². The predicted octanol–water partition coefficient (Wildman–Crippen LogP) is 8.87. The number of carboxylic acids is 1. The molecule has 8 aromatic rings. The Bertz CT molecular complexity index is 2270. The summed E-state index contributed by atoms with van der Waals surface area (Å²) in [6.07, 6.45) is 3.82. The van der Waals surface area contributed by atoms with Crippen molar-refractivity contribution in [3.63, 3.8) is 0 Å². The molecule has 0 atom stereocenters. The third-order valence-corrected chi connectivity index (χ3v) is 10.3. The standard InChI is InChI=1S/C19H15N3OS.C19H14N2O2S/c1-12-17(15-9-5-6-10-22(15)21-12)16-11-14(18(24-16)19(20)23)13-7-3-2-4-8-13;1-12-17(15-9-5-6-10-21(15)20-12)16-11-14(18(24-16)19(22)23)13-7-3-2-4-8-13/h2-11H,1H3,(H2,20,23);2-11H,1H3,(H,22,23). The molecule has 48 heavy (non-hydrogen) atoms. The highest BCUT2D eigenvalue weighted by Crippen LogP contribution is 2.41. The molecule has 0 aliphatic heterocycles. The number of primary amides is 1. The second kappa shape index (κ2) is 12.7. The molecule has 8 rings (SSSR count). The van der Waals surface area contributed by atoms with E-state index in [-0.39, 0.29) is 0 Å². The average Bonchev–Trinajstić information content (AvgIpc) is 3.87. The van der Waals surface area contributed by atoms with E-state index in [0.29, 0.717) is 9.75 Å². The number of rotatable bonds is 6. The van der Waals surface area contributed by atoms with Crippen LogP contribution >= 0.6 is 22.7 Å². The van der Waals surface area contributed by atoms with Crippen molar-refractivity contribution in [2.45, 2.75) is 13.8 Å². The highest BCUT2D eigenvalue weighted by atomic mass is 32.1. The molecule has 2 aromatic carbocycles. The van der Waals surface area contributed by atoms with Crippen molar-refractivity contribution < 1.29 is 14.7 Å². The number of carbonyl (C=O) groups excluding carboxylic acids is 1. The van der Waals surface area contributed by atoms with E-state index in [2.05, 4.69) is 10.2 Å². The molecule has 0 unspecified atom stereocenters. The summed E-state index contributed by atoms with van der Waals surface area (Å²) in [5.74, 6) is -1.31. The minimum atomic E-state index is -0.903. The van der Waals surface area contributed by atoms with Crippen LogP contribution in [0.25, 0.3) is 54.2 Å². The van der Waals surface area contributed by atoms with Crippen molar-refractivity contribution in [2.24, 2.45) is 5.73 Å². The zero-order valence-corrected chi connectivity index (χ0v) is 27.6. The number of nitrogens with zero attached hydrogens (tertiary/aromatic N) is 4. The molecule has 3 N–H and O–H groups in total. The number of fused-ring (bicyclic) bond motifs is 2. The highest BCUT2D eigenvalue weighted by molar-refractivity contribution is 7.18. The molecule has 0 saturated carbocycles. The summed E-state index contributed by atoms with van der Waals surface area (Å²) in [7, 11) is 0. The molecule has 10 heteroatoms. The Kier molecular flexibility index (Phi) is 8.18. The molecule has 0 aliphatic carbocycles. The van der Waals surface area contributed by atoms with Crippen LogP contribution in [-0.2, 0) is 0 Å². The lowest BCUT2D eigenvalue weighted by molar-refractivity contribution is 0.0702. The van der Waals surface area contributed by atoms with Crippen LogP contribution in [0.1, 0.15) is 30.7 Å². The highest BCUT2D eigenvalue weighted by Gasteiger charge is 2.22. The van der Waals surface area contributed by atoms with E-state index in [4.69, 9.17) is 5.73 Å². The smallest absolute Gasteiger partial charge is 0.346 e. The van der Waals surface area contributed by atoms with E-state index in [1.165, 1.54) is 22.7 Å². The zero-order valence-electron chi connectivity index (χ0n) is 26.0. The monoisotopic (exact) mass is 667 g/mol. The summed E-state index contributed by atoms with van der Waals surface area (Å²) in [4.78, 5) is 26.5. The molecular formula is C38H29N5O3S2. The van der Waals surface area contributed by atoms with Crippen LogP contribution in [0.5, 0.6) is 0 Å². The maximum atomic E-state index is 11.9. The molecule has 8 nitrogen and oxygen atoms in total. The molecule has 0 aliphatic rings. The van der Waals surface area contributed by atoms with Crippen LogP contribution in [0.2, 0.25) is 0 Å². The van der Waals surface area contributed by atoms with Gasteiger partial charge >= 0.3 is 5.97 Å². The van der Waals surface area contributed by atoms with Crippen LogP contribution in [0, 0.1) is 13.8 Å². The van der Waals surface area contributed by atoms with Crippen LogP contribution in [-0.4, -0.2) is 36.2 Å². The summed E-state index contributed by atoms with van der Waals surface area (Å²) < 4.78 is 3.68. The summed E-state index contributed by atoms with van der Waals surface area (Å²) in [6, 6.07) is 35.3. The quantitative estimate of drug-likeness (QED) is 0.184. The van der Waals surface area contributed by atoms with Gasteiger partial charge in [0.25, 0.3) is 5.91 Å². The molecule has 0 bridgehead atoms. The normalized spacial score (nSPS) is 11.0. The fourth-order valence-electron chi connectivity index (χ4n) is 5.88. The Morgan fingerprint density at radius 1 is 0.625 bits per heavy atom. The second-order valence-corrected chi connectivity index (χ2v) is 13.2. The number of benzene rings is 2. The van der Waals surface area contributed by atoms with Crippen LogP contribution in [0.15, 0.2) is 122 Å². The number of carboxylic acid groups (broad SMARTS) is 1. The minimum Gasteiger partial charge on any atom is -0.477 e. The number of aromatic nitrogens is 4. The van der Waals surface area contributed by atoms with Crippen molar-refractivity contribution >= 4 is 45.6 Å². The fraction of sp³-hybridized carbons (Fsp3) is 0.0526. The Hall–Kier alpha value is -5.84. The van der Waals surface area contributed by atoms with E-state index in [1.807, 2.05) is 144 Å². The maximum absolute atomic E-state index is 11.9. The van der Waals surface area contributed by atoms with Crippen molar-refractivity contribution in [1.29, 1.82) is 0 Å². The van der Waals surface area contributed by atoms with Gasteiger partial charge in [0, 0.05) is 44.4 Å². The molecule has 0 saturated heterocycles. The van der Waals surface area contributed by atoms with E-state index in [1.54, 1.807) is 0 Å². The molecule has 0 fully saturated rings. The van der Waals surface area contributed by atoms with E-state index >= 15 is 0 Å². The number of aryl methyl sites for hydroxylation is 2. The Morgan fingerprint density at radius 3 is 1.48 bits per heavy atom. The van der Waals surface area contributed by atoms with Crippen molar-refractivity contribution in [2.75, 3.05) is 0 Å². The number of hydrogen-bond acceptors (Lipinski definition) is 6. The number of hydrogen-bond donors (Lipinski definition) is 2. The molecular weight excluding hydrogens is 639 g/mol. The Morgan fingerprint density at radius 2 is 1.04 bits per heavy atom. The number of carbonyl (C=O) groups is 2. The first-order chi connectivity index (χ1) is 23.3. The van der Waals surface area contributed by atoms with E-state index in [9.17, 15) is 14.7 Å². The minimum absolute atomic E-state index is 0.353. The molecule has 6 aromatic heterocycles. The predicted molar refractivity (Wildman–Crippen MR) is 193 cm³/mol. The maximum Gasteiger partial charge on any atom is 0.346 e. The van der Waals surface area contributed by atoms with Gasteiger partial charge < -0.3 is 10.8 Å². The van der Waals surface area contributed by atoms with Crippen molar-refractivity contribution in [3.8, 4) is 43.1 Å². The SMILES string of the molecule is Cc1nn2ccccc2c1-c1cc(-c2ccccc2)c(C(=O)O)s1.Cc1nn2ccccc2c1-c1cc(-c2ccccc2)c(C(N)=O)s1. The second-order valence-electron chi connectivity index (χ2n) is 11.1. The van der Waals surface area contributed by atoms with Gasteiger partial charge in [-0.1, -0.05) is 72.8 Å². The molecule has 6 heterocycles. The van der Waals surface area contributed by atoms with Gasteiger partial charge in [0.2, 0.25) is 0 Å². The first kappa shape index (κ1) is 30.8. The lowest BCUT2D eigenvalue weighted by Crippen LogP contribution is -2.09. The lowest BCUT2D eigenvalue weighted by atomic mass is 10.0. The first-order valence-corrected chi connectivity index (χ1v) is 16.7. The number of nitrogens with two attached hydrogens (primary N) is 1. The van der Waals surface area contributed by atoms with Gasteiger partial charge in [-0.05, 0) is 61.4 Å². The Balaban J connectivity index is 0.000000152. The largest absolute Gasteiger partial charge is 0.477 e. The number of thiophene rings is 2. The summed E-state index contributed by atoms with van der Waals surface area (Å²) in [5.41, 5.74) is 15.0. The molecule has 236 valence electrons. The number of amides is 1.